The van der Waals surface area contributed by atoms with Crippen LogP contribution >= 0.6 is 0 Å². The van der Waals surface area contributed by atoms with Crippen molar-refractivity contribution in [3.8, 4) is 17.2 Å². The van der Waals surface area contributed by atoms with Gasteiger partial charge in [0.15, 0.2) is 11.5 Å². The normalized spacial score (nSPS) is 16.3. The van der Waals surface area contributed by atoms with Crippen molar-refractivity contribution in [2.75, 3.05) is 14.2 Å². The van der Waals surface area contributed by atoms with Crippen molar-refractivity contribution in [1.82, 2.24) is 4.90 Å². The number of carbonyl (C=O) groups is 2. The Balaban J connectivity index is 1.50. The monoisotopic (exact) mass is 539 g/mol. The fourth-order valence-corrected chi connectivity index (χ4v) is 4.82. The van der Waals surface area contributed by atoms with Gasteiger partial charge in [-0.2, -0.15) is 0 Å². The van der Waals surface area contributed by atoms with Gasteiger partial charge in [0.05, 0.1) is 38.6 Å². The van der Waals surface area contributed by atoms with Crippen molar-refractivity contribution in [3.05, 3.63) is 119 Å². The number of ketones is 1. The number of Topliss-reactive ketones (excluding diaryl/α,β-unsaturated/α-hetero) is 1. The Morgan fingerprint density at radius 1 is 0.925 bits per heavy atom. The van der Waals surface area contributed by atoms with E-state index in [1.54, 1.807) is 54.6 Å². The van der Waals surface area contributed by atoms with Crippen molar-refractivity contribution in [2.24, 2.45) is 0 Å². The molecule has 1 amide bonds. The highest BCUT2D eigenvalue weighted by Gasteiger charge is 2.46. The van der Waals surface area contributed by atoms with Crippen molar-refractivity contribution in [3.63, 3.8) is 0 Å². The molecule has 1 aromatic heterocycles. The molecule has 0 aliphatic carbocycles. The lowest BCUT2D eigenvalue weighted by Crippen LogP contribution is -2.29. The molecular formula is C32H29NO7. The molecule has 1 fully saturated rings. The van der Waals surface area contributed by atoms with E-state index in [1.807, 2.05) is 25.1 Å². The van der Waals surface area contributed by atoms with Crippen molar-refractivity contribution < 1.29 is 33.3 Å². The lowest BCUT2D eigenvalue weighted by atomic mass is 9.95. The smallest absolute Gasteiger partial charge is 0.296 e. The molecule has 1 N–H and O–H groups in total. The summed E-state index contributed by atoms with van der Waals surface area (Å²) in [6.07, 6.45) is 1.50. The second-order valence-corrected chi connectivity index (χ2v) is 9.42. The zero-order valence-electron chi connectivity index (χ0n) is 22.4. The lowest BCUT2D eigenvalue weighted by Gasteiger charge is -2.25. The summed E-state index contributed by atoms with van der Waals surface area (Å²) in [6, 6.07) is 22.5. The predicted molar refractivity (Wildman–Crippen MR) is 148 cm³/mol. The molecule has 40 heavy (non-hydrogen) atoms. The average Bonchev–Trinajstić information content (AvgIpc) is 3.58. The number of ether oxygens (including phenoxy) is 3. The third kappa shape index (κ3) is 5.29. The highest BCUT2D eigenvalue weighted by atomic mass is 16.5. The van der Waals surface area contributed by atoms with Gasteiger partial charge in [-0.25, -0.2) is 0 Å². The highest BCUT2D eigenvalue weighted by Crippen LogP contribution is 2.42. The zero-order chi connectivity index (χ0) is 28.2. The van der Waals surface area contributed by atoms with E-state index in [-0.39, 0.29) is 17.9 Å². The Morgan fingerprint density at radius 2 is 1.70 bits per heavy atom. The van der Waals surface area contributed by atoms with Gasteiger partial charge in [-0.05, 0) is 66.6 Å². The van der Waals surface area contributed by atoms with Gasteiger partial charge in [0.2, 0.25) is 0 Å². The van der Waals surface area contributed by atoms with E-state index in [0.29, 0.717) is 40.7 Å². The Hall–Kier alpha value is -4.98. The molecule has 5 rings (SSSR count). The summed E-state index contributed by atoms with van der Waals surface area (Å²) >= 11 is 0. The molecule has 1 aliphatic rings. The molecule has 0 radical (unpaired) electrons. The van der Waals surface area contributed by atoms with E-state index < -0.39 is 17.7 Å². The van der Waals surface area contributed by atoms with Crippen LogP contribution in [-0.2, 0) is 22.7 Å². The maximum atomic E-state index is 13.4. The maximum Gasteiger partial charge on any atom is 0.296 e. The number of furan rings is 1. The first-order valence-corrected chi connectivity index (χ1v) is 12.7. The topological polar surface area (TPSA) is 98.4 Å². The zero-order valence-corrected chi connectivity index (χ0v) is 22.4. The molecule has 1 saturated heterocycles. The van der Waals surface area contributed by atoms with Gasteiger partial charge in [0.25, 0.3) is 11.7 Å². The van der Waals surface area contributed by atoms with Crippen LogP contribution in [-0.4, -0.2) is 35.9 Å². The fourth-order valence-electron chi connectivity index (χ4n) is 4.82. The summed E-state index contributed by atoms with van der Waals surface area (Å²) < 4.78 is 22.2. The van der Waals surface area contributed by atoms with E-state index >= 15 is 0 Å². The van der Waals surface area contributed by atoms with Gasteiger partial charge in [-0.3, -0.25) is 9.59 Å². The first kappa shape index (κ1) is 26.6. The van der Waals surface area contributed by atoms with E-state index in [4.69, 9.17) is 18.6 Å². The molecule has 4 aromatic rings. The molecule has 0 bridgehead atoms. The Morgan fingerprint density at radius 3 is 2.38 bits per heavy atom. The summed E-state index contributed by atoms with van der Waals surface area (Å²) in [4.78, 5) is 28.0. The number of nitrogens with zero attached hydrogens (tertiary/aromatic N) is 1. The molecule has 8 heteroatoms. The maximum absolute atomic E-state index is 13.4. The van der Waals surface area contributed by atoms with E-state index in [2.05, 4.69) is 6.07 Å². The number of likely N-dealkylation sites (tertiary alicyclic amines) is 1. The molecule has 204 valence electrons. The van der Waals surface area contributed by atoms with E-state index in [1.165, 1.54) is 25.4 Å². The number of aliphatic hydroxyl groups excluding tert-OH is 1. The molecule has 1 aliphatic heterocycles. The average molecular weight is 540 g/mol. The van der Waals surface area contributed by atoms with Gasteiger partial charge in [0.1, 0.15) is 23.9 Å². The quantitative estimate of drug-likeness (QED) is 0.163. The number of methoxy groups -OCH3 is 2. The van der Waals surface area contributed by atoms with Crippen LogP contribution in [0.25, 0.3) is 5.76 Å². The van der Waals surface area contributed by atoms with Crippen LogP contribution in [0.2, 0.25) is 0 Å². The highest BCUT2D eigenvalue weighted by molar-refractivity contribution is 6.46. The van der Waals surface area contributed by atoms with E-state index in [0.717, 1.165) is 11.1 Å². The molecule has 8 nitrogen and oxygen atoms in total. The number of benzene rings is 3. The van der Waals surface area contributed by atoms with Crippen molar-refractivity contribution in [1.29, 1.82) is 0 Å². The Labute approximate surface area is 232 Å². The first-order chi connectivity index (χ1) is 19.4. The number of hydrogen-bond donors (Lipinski definition) is 1. The van der Waals surface area contributed by atoms with Gasteiger partial charge in [0, 0.05) is 5.56 Å². The van der Waals surface area contributed by atoms with Crippen LogP contribution in [0.1, 0.15) is 34.1 Å². The Kier molecular flexibility index (Phi) is 7.59. The number of aliphatic hydroxyl groups is 1. The van der Waals surface area contributed by atoms with Crippen molar-refractivity contribution >= 4 is 17.4 Å². The minimum atomic E-state index is -0.887. The van der Waals surface area contributed by atoms with Crippen LogP contribution in [0.5, 0.6) is 17.2 Å². The van der Waals surface area contributed by atoms with Crippen LogP contribution in [0, 0.1) is 6.92 Å². The second-order valence-electron chi connectivity index (χ2n) is 9.42. The number of rotatable bonds is 9. The second kappa shape index (κ2) is 11.4. The third-order valence-electron chi connectivity index (χ3n) is 6.79. The third-order valence-corrected chi connectivity index (χ3v) is 6.79. The molecule has 2 heterocycles. The number of carbonyl (C=O) groups excluding carboxylic acids is 2. The summed E-state index contributed by atoms with van der Waals surface area (Å²) in [5, 5.41) is 11.4. The molecule has 0 unspecified atom stereocenters. The molecule has 3 aromatic carbocycles. The predicted octanol–water partition coefficient (Wildman–Crippen LogP) is 5.81. The van der Waals surface area contributed by atoms with Crippen LogP contribution in [0.3, 0.4) is 0 Å². The first-order valence-electron chi connectivity index (χ1n) is 12.7. The Bertz CT molecular complexity index is 1550. The minimum Gasteiger partial charge on any atom is -0.507 e. The molecular weight excluding hydrogens is 510 g/mol. The summed E-state index contributed by atoms with van der Waals surface area (Å²) in [7, 11) is 3.03. The largest absolute Gasteiger partial charge is 0.507 e. The van der Waals surface area contributed by atoms with E-state index in [9.17, 15) is 14.7 Å². The standard InChI is InChI=1S/C32H29NO7/c1-20-6-4-7-21(16-20)19-40-24-12-9-22(10-13-24)30(34)28-29(23-11-14-26(37-2)27(17-23)38-3)33(32(36)31(28)35)18-25-8-5-15-39-25/h4-17,29,34H,18-19H2,1-3H3/b30-28+/t29-/m1/s1. The fraction of sp³-hybridized carbons (Fsp3) is 0.188. The lowest BCUT2D eigenvalue weighted by molar-refractivity contribution is -0.140. The number of hydrogen-bond acceptors (Lipinski definition) is 7. The van der Waals surface area contributed by atoms with Crippen LogP contribution in [0.15, 0.2) is 95.1 Å². The van der Waals surface area contributed by atoms with Gasteiger partial charge >= 0.3 is 0 Å². The summed E-state index contributed by atoms with van der Waals surface area (Å²) in [5.41, 5.74) is 3.11. The number of aryl methyl sites for hydroxylation is 1. The minimum absolute atomic E-state index is 0.0304. The van der Waals surface area contributed by atoms with Crippen molar-refractivity contribution in [2.45, 2.75) is 26.1 Å². The molecule has 0 spiro atoms. The van der Waals surface area contributed by atoms with Crippen LogP contribution in [0.4, 0.5) is 0 Å². The number of amides is 1. The molecule has 1 atom stereocenters. The van der Waals surface area contributed by atoms with Gasteiger partial charge in [-0.15, -0.1) is 0 Å². The van der Waals surface area contributed by atoms with Gasteiger partial charge in [-0.1, -0.05) is 35.9 Å². The van der Waals surface area contributed by atoms with Crippen LogP contribution < -0.4 is 14.2 Å². The van der Waals surface area contributed by atoms with Gasteiger partial charge < -0.3 is 28.6 Å². The summed E-state index contributed by atoms with van der Waals surface area (Å²) in [6.45, 7) is 2.46. The molecule has 0 saturated carbocycles. The SMILES string of the molecule is COc1ccc([C@@H]2/C(=C(\O)c3ccc(OCc4cccc(C)c4)cc3)C(=O)C(=O)N2Cc2ccco2)cc1OC. The summed E-state index contributed by atoms with van der Waals surface area (Å²) in [5.74, 6) is 0.217.